The highest BCUT2D eigenvalue weighted by Gasteiger charge is 2.53. The van der Waals surface area contributed by atoms with Crippen molar-refractivity contribution < 1.29 is 89.4 Å². The smallest absolute Gasteiger partial charge is 0.220 e. The molecule has 17 atom stereocenters. The maximum Gasteiger partial charge on any atom is 0.220 e. The molecular weight excluding hydrogens is 1230 g/mol. The second-order valence-corrected chi connectivity index (χ2v) is 26.0. The zero-order chi connectivity index (χ0) is 69.6. The Balaban J connectivity index is 1.42. The summed E-state index contributed by atoms with van der Waals surface area (Å²) in [5, 5.41) is 121. The Hall–Kier alpha value is -3.55. The third-order valence-electron chi connectivity index (χ3n) is 17.8. The standard InChI is InChI=1S/C77H131NO18/c1-3-5-7-9-11-13-15-17-19-21-23-25-26-27-28-29-30-31-32-33-34-35-37-39-41-43-45-47-49-51-53-55-65(83)78-60(61(82)54-52-50-48-46-44-42-40-38-36-24-22-20-18-16-14-12-10-8-6-4-2)59-91-75-71(89)68(86)73(63(57-80)93-75)96-77-72(90)69(87)74(64(58-81)94-77)95-76-70(88)67(85)66(84)62(56-79)92-76/h5,7,11,13,17,19,23,25,27-28,30-31,33-34,37,39,52,54,60-64,66-77,79-82,84-90H,3-4,6,8-10,12,14-16,18,20-22,24,26,29,32,35-36,38,40-51,53,55-59H2,1-2H3,(H,78,83)/b7-5-,13-11-,19-17-,25-23-,28-27-,31-30-,34-33-,39-37-,54-52+. The molecule has 552 valence electrons. The number of ether oxygens (including phenoxy) is 6. The molecule has 3 aliphatic rings. The van der Waals surface area contributed by atoms with Crippen LogP contribution in [0.15, 0.2) is 109 Å². The Bertz CT molecular complexity index is 2160. The molecule has 0 radical (unpaired) electrons. The molecule has 3 aliphatic heterocycles. The van der Waals surface area contributed by atoms with Crippen molar-refractivity contribution in [3.8, 4) is 0 Å². The highest BCUT2D eigenvalue weighted by Crippen LogP contribution is 2.33. The number of rotatable bonds is 56. The van der Waals surface area contributed by atoms with Crippen molar-refractivity contribution in [2.24, 2.45) is 0 Å². The van der Waals surface area contributed by atoms with E-state index >= 15 is 0 Å². The summed E-state index contributed by atoms with van der Waals surface area (Å²) in [6.45, 7) is 1.61. The summed E-state index contributed by atoms with van der Waals surface area (Å²) >= 11 is 0. The summed E-state index contributed by atoms with van der Waals surface area (Å²) < 4.78 is 34.4. The van der Waals surface area contributed by atoms with Crippen LogP contribution in [-0.2, 0) is 33.2 Å². The molecule has 0 spiro atoms. The number of carbonyl (C=O) groups is 1. The lowest BCUT2D eigenvalue weighted by molar-refractivity contribution is -0.379. The topological polar surface area (TPSA) is 307 Å². The van der Waals surface area contributed by atoms with Gasteiger partial charge in [0.15, 0.2) is 18.9 Å². The average molecular weight is 1360 g/mol. The molecule has 12 N–H and O–H groups in total. The third-order valence-corrected chi connectivity index (χ3v) is 17.8. The lowest BCUT2D eigenvalue weighted by Gasteiger charge is -2.48. The Labute approximate surface area is 576 Å². The number of nitrogens with one attached hydrogen (secondary N) is 1. The van der Waals surface area contributed by atoms with Crippen LogP contribution in [-0.4, -0.2) is 193 Å². The number of unbranched alkanes of at least 4 members (excludes halogenated alkanes) is 24. The number of amides is 1. The average Bonchev–Trinajstić information content (AvgIpc) is 0.786. The van der Waals surface area contributed by atoms with Gasteiger partial charge in [0.05, 0.1) is 38.6 Å². The molecule has 17 unspecified atom stereocenters. The lowest BCUT2D eigenvalue weighted by atomic mass is 9.96. The number of carbonyl (C=O) groups excluding carboxylic acids is 1. The van der Waals surface area contributed by atoms with E-state index in [-0.39, 0.29) is 18.9 Å². The normalized spacial score (nSPS) is 27.7. The number of allylic oxidation sites excluding steroid dienone is 17. The molecule has 96 heavy (non-hydrogen) atoms. The van der Waals surface area contributed by atoms with E-state index in [9.17, 15) is 61.0 Å². The van der Waals surface area contributed by atoms with Crippen molar-refractivity contribution >= 4 is 5.91 Å². The van der Waals surface area contributed by atoms with E-state index < -0.39 is 124 Å². The second kappa shape index (κ2) is 57.1. The van der Waals surface area contributed by atoms with Crippen LogP contribution in [0.1, 0.15) is 239 Å². The van der Waals surface area contributed by atoms with Crippen molar-refractivity contribution in [2.45, 2.75) is 343 Å². The van der Waals surface area contributed by atoms with Gasteiger partial charge in [0.25, 0.3) is 0 Å². The molecule has 0 bridgehead atoms. The van der Waals surface area contributed by atoms with Crippen molar-refractivity contribution in [3.63, 3.8) is 0 Å². The second-order valence-electron chi connectivity index (χ2n) is 26.0. The first-order valence-corrected chi connectivity index (χ1v) is 37.1. The zero-order valence-corrected chi connectivity index (χ0v) is 58.6. The number of hydrogen-bond donors (Lipinski definition) is 12. The predicted octanol–water partition coefficient (Wildman–Crippen LogP) is 11.0. The first-order valence-electron chi connectivity index (χ1n) is 37.1. The molecule has 0 aromatic rings. The van der Waals surface area contributed by atoms with Gasteiger partial charge in [-0.15, -0.1) is 0 Å². The molecule has 0 saturated carbocycles. The highest BCUT2D eigenvalue weighted by molar-refractivity contribution is 5.76. The van der Waals surface area contributed by atoms with Gasteiger partial charge in [-0.05, 0) is 83.5 Å². The Kier molecular flexibility index (Phi) is 51.6. The van der Waals surface area contributed by atoms with Gasteiger partial charge >= 0.3 is 0 Å². The van der Waals surface area contributed by atoms with Crippen molar-refractivity contribution in [3.05, 3.63) is 109 Å². The molecule has 1 amide bonds. The van der Waals surface area contributed by atoms with Crippen molar-refractivity contribution in [1.29, 1.82) is 0 Å². The first kappa shape index (κ1) is 86.7. The van der Waals surface area contributed by atoms with Gasteiger partial charge in [-0.3, -0.25) is 4.79 Å². The maximum atomic E-state index is 13.4. The molecule has 3 saturated heterocycles. The van der Waals surface area contributed by atoms with Crippen LogP contribution >= 0.6 is 0 Å². The summed E-state index contributed by atoms with van der Waals surface area (Å²) in [7, 11) is 0. The molecular formula is C77H131NO18. The number of aliphatic hydroxyl groups excluding tert-OH is 11. The molecule has 3 fully saturated rings. The van der Waals surface area contributed by atoms with Crippen LogP contribution in [0.4, 0.5) is 0 Å². The summed E-state index contributed by atoms with van der Waals surface area (Å²) in [6.07, 6.45) is 50.5. The van der Waals surface area contributed by atoms with E-state index in [1.54, 1.807) is 6.08 Å². The van der Waals surface area contributed by atoms with Crippen molar-refractivity contribution in [1.82, 2.24) is 5.32 Å². The van der Waals surface area contributed by atoms with Crippen LogP contribution in [0.2, 0.25) is 0 Å². The monoisotopic (exact) mass is 1360 g/mol. The van der Waals surface area contributed by atoms with Gasteiger partial charge in [-0.25, -0.2) is 0 Å². The molecule has 0 aromatic carbocycles. The van der Waals surface area contributed by atoms with Crippen LogP contribution in [0.3, 0.4) is 0 Å². The van der Waals surface area contributed by atoms with Crippen LogP contribution in [0.5, 0.6) is 0 Å². The van der Waals surface area contributed by atoms with Crippen molar-refractivity contribution in [2.75, 3.05) is 26.4 Å². The van der Waals surface area contributed by atoms with Gasteiger partial charge in [0.1, 0.15) is 73.2 Å². The molecule has 19 heteroatoms. The van der Waals surface area contributed by atoms with Gasteiger partial charge in [0.2, 0.25) is 5.91 Å². The molecule has 0 aromatic heterocycles. The van der Waals surface area contributed by atoms with Crippen LogP contribution < -0.4 is 5.32 Å². The quantitative estimate of drug-likeness (QED) is 0.0199. The van der Waals surface area contributed by atoms with Crippen LogP contribution in [0.25, 0.3) is 0 Å². The lowest BCUT2D eigenvalue weighted by Crippen LogP contribution is -2.66. The van der Waals surface area contributed by atoms with E-state index in [1.165, 1.54) is 96.3 Å². The third kappa shape index (κ3) is 37.8. The minimum absolute atomic E-state index is 0.219. The first-order chi connectivity index (χ1) is 46.8. The minimum atomic E-state index is -1.99. The fourth-order valence-corrected chi connectivity index (χ4v) is 11.9. The Morgan fingerprint density at radius 2 is 0.719 bits per heavy atom. The summed E-state index contributed by atoms with van der Waals surface area (Å²) in [4.78, 5) is 13.4. The SMILES string of the molecule is CC/C=C\C/C=C\C/C=C\C/C=C\C/C=C\C/C=C\C/C=C\C/C=C\CCCCCCCCC(=O)NC(COC1OC(CO)C(OC2OC(CO)C(OC3OC(CO)C(O)C(O)C3O)C(O)C2O)C(O)C1O)C(O)/C=C/CCCCCCCCCCCCCCCCCCCC. The predicted molar refractivity (Wildman–Crippen MR) is 378 cm³/mol. The number of hydrogen-bond acceptors (Lipinski definition) is 18. The fourth-order valence-electron chi connectivity index (χ4n) is 11.9. The maximum absolute atomic E-state index is 13.4. The molecule has 3 heterocycles. The summed E-state index contributed by atoms with van der Waals surface area (Å²) in [5.74, 6) is -0.293. The molecule has 3 rings (SSSR count). The van der Waals surface area contributed by atoms with E-state index in [2.05, 4.69) is 116 Å². The van der Waals surface area contributed by atoms with E-state index in [0.29, 0.717) is 6.42 Å². The van der Waals surface area contributed by atoms with Gasteiger partial charge in [-0.2, -0.15) is 0 Å². The highest BCUT2D eigenvalue weighted by atomic mass is 16.8. The molecule has 19 nitrogen and oxygen atoms in total. The Morgan fingerprint density at radius 1 is 0.385 bits per heavy atom. The summed E-state index contributed by atoms with van der Waals surface area (Å²) in [6, 6.07) is -0.990. The van der Waals surface area contributed by atoms with E-state index in [1.807, 2.05) is 6.08 Å². The summed E-state index contributed by atoms with van der Waals surface area (Å²) in [5.41, 5.74) is 0. The van der Waals surface area contributed by atoms with E-state index in [4.69, 9.17) is 28.4 Å². The number of aliphatic hydroxyl groups is 11. The minimum Gasteiger partial charge on any atom is -0.394 e. The van der Waals surface area contributed by atoms with Gasteiger partial charge in [-0.1, -0.05) is 258 Å². The van der Waals surface area contributed by atoms with Gasteiger partial charge < -0.3 is 89.9 Å². The Morgan fingerprint density at radius 3 is 1.12 bits per heavy atom. The molecule has 0 aliphatic carbocycles. The largest absolute Gasteiger partial charge is 0.394 e. The van der Waals surface area contributed by atoms with E-state index in [0.717, 1.165) is 116 Å². The van der Waals surface area contributed by atoms with Crippen LogP contribution in [0, 0.1) is 0 Å². The zero-order valence-electron chi connectivity index (χ0n) is 58.6. The van der Waals surface area contributed by atoms with Gasteiger partial charge in [0, 0.05) is 6.42 Å². The fraction of sp³-hybridized carbons (Fsp3) is 0.753.